The molecule has 4 N–H and O–H groups in total. The fourth-order valence-corrected chi connectivity index (χ4v) is 2.52. The first-order chi connectivity index (χ1) is 8.91. The summed E-state index contributed by atoms with van der Waals surface area (Å²) in [5.74, 6) is -1.46. The van der Waals surface area contributed by atoms with Crippen molar-refractivity contribution in [2.24, 2.45) is 5.73 Å². The number of nitrogens with two attached hydrogens (primary N) is 1. The molecule has 0 aliphatic carbocycles. The zero-order valence-electron chi connectivity index (χ0n) is 11.1. The van der Waals surface area contributed by atoms with Crippen LogP contribution in [-0.4, -0.2) is 11.1 Å². The van der Waals surface area contributed by atoms with Crippen molar-refractivity contribution in [3.8, 4) is 0 Å². The Bertz CT molecular complexity index is 609. The van der Waals surface area contributed by atoms with Crippen molar-refractivity contribution >= 4 is 30.0 Å². The third-order valence-electron chi connectivity index (χ3n) is 3.22. The van der Waals surface area contributed by atoms with Crippen LogP contribution in [0.2, 0.25) is 5.02 Å². The molecule has 4 nitrogen and oxygen atoms in total. The van der Waals surface area contributed by atoms with Crippen molar-refractivity contribution in [2.45, 2.75) is 19.8 Å². The summed E-state index contributed by atoms with van der Waals surface area (Å²) < 4.78 is 0. The topological polar surface area (TPSA) is 75.4 Å². The molecule has 0 radical (unpaired) electrons. The second-order valence-corrected chi connectivity index (χ2v) is 4.97. The highest BCUT2D eigenvalue weighted by Gasteiger charge is 2.31. The normalized spacial score (nSPS) is 18.4. The molecule has 0 spiro atoms. The number of aliphatic carboxylic acids is 1. The van der Waals surface area contributed by atoms with Crippen LogP contribution in [0.3, 0.4) is 0 Å². The smallest absolute Gasteiger partial charge is 0.334 e. The van der Waals surface area contributed by atoms with Gasteiger partial charge in [-0.25, -0.2) is 4.79 Å². The monoisotopic (exact) mass is 314 g/mol. The molecule has 2 rings (SSSR count). The van der Waals surface area contributed by atoms with Crippen LogP contribution in [0.15, 0.2) is 46.9 Å². The number of dihydropyridines is 1. The Hall–Kier alpha value is -1.65. The van der Waals surface area contributed by atoms with Crippen LogP contribution < -0.4 is 11.1 Å². The van der Waals surface area contributed by atoms with E-state index in [9.17, 15) is 9.90 Å². The summed E-state index contributed by atoms with van der Waals surface area (Å²) >= 11 is 5.98. The maximum absolute atomic E-state index is 11.5. The van der Waals surface area contributed by atoms with Crippen LogP contribution in [0.25, 0.3) is 0 Å². The van der Waals surface area contributed by atoms with Crippen LogP contribution in [0.4, 0.5) is 0 Å². The lowest BCUT2D eigenvalue weighted by molar-refractivity contribution is -0.133. The Morgan fingerprint density at radius 1 is 1.35 bits per heavy atom. The highest BCUT2D eigenvalue weighted by molar-refractivity contribution is 6.30. The summed E-state index contributed by atoms with van der Waals surface area (Å²) in [6.45, 7) is 3.56. The van der Waals surface area contributed by atoms with E-state index in [0.29, 0.717) is 16.4 Å². The van der Waals surface area contributed by atoms with E-state index in [1.165, 1.54) is 0 Å². The van der Waals surface area contributed by atoms with Crippen molar-refractivity contribution in [1.82, 2.24) is 5.32 Å². The van der Waals surface area contributed by atoms with Crippen LogP contribution in [0.5, 0.6) is 0 Å². The zero-order chi connectivity index (χ0) is 14.2. The number of hydrogen-bond donors (Lipinski definition) is 3. The largest absolute Gasteiger partial charge is 0.478 e. The number of carboxylic acid groups (broad SMARTS) is 1. The van der Waals surface area contributed by atoms with E-state index in [1.807, 2.05) is 13.0 Å². The Kier molecular flexibility index (Phi) is 5.09. The third kappa shape index (κ3) is 2.92. The Labute approximate surface area is 128 Å². The third-order valence-corrected chi connectivity index (χ3v) is 3.46. The van der Waals surface area contributed by atoms with E-state index < -0.39 is 11.9 Å². The minimum absolute atomic E-state index is 0. The van der Waals surface area contributed by atoms with Crippen molar-refractivity contribution in [3.05, 3.63) is 57.5 Å². The zero-order valence-corrected chi connectivity index (χ0v) is 12.7. The van der Waals surface area contributed by atoms with Gasteiger partial charge in [-0.1, -0.05) is 23.7 Å². The van der Waals surface area contributed by atoms with Crippen molar-refractivity contribution in [1.29, 1.82) is 0 Å². The van der Waals surface area contributed by atoms with Gasteiger partial charge in [-0.2, -0.15) is 0 Å². The molecule has 1 atom stereocenters. The Morgan fingerprint density at radius 3 is 2.55 bits per heavy atom. The van der Waals surface area contributed by atoms with Gasteiger partial charge < -0.3 is 16.2 Å². The summed E-state index contributed by atoms with van der Waals surface area (Å²) in [5.41, 5.74) is 8.98. The van der Waals surface area contributed by atoms with Crippen LogP contribution in [0, 0.1) is 0 Å². The van der Waals surface area contributed by atoms with Gasteiger partial charge in [0.05, 0.1) is 11.5 Å². The second kappa shape index (κ2) is 6.20. The van der Waals surface area contributed by atoms with E-state index in [-0.39, 0.29) is 18.0 Å². The Balaban J connectivity index is 0.00000200. The van der Waals surface area contributed by atoms with Crippen molar-refractivity contribution in [2.75, 3.05) is 0 Å². The quantitative estimate of drug-likeness (QED) is 0.784. The van der Waals surface area contributed by atoms with Gasteiger partial charge in [-0.3, -0.25) is 0 Å². The number of hydrogen-bond acceptors (Lipinski definition) is 3. The summed E-state index contributed by atoms with van der Waals surface area (Å²) in [7, 11) is 0. The molecule has 1 unspecified atom stereocenters. The van der Waals surface area contributed by atoms with E-state index >= 15 is 0 Å². The highest BCUT2D eigenvalue weighted by atomic mass is 35.5. The maximum Gasteiger partial charge on any atom is 0.334 e. The molecule has 20 heavy (non-hydrogen) atoms. The molecule has 0 fully saturated rings. The van der Waals surface area contributed by atoms with Gasteiger partial charge in [0.15, 0.2) is 0 Å². The molecule has 0 saturated carbocycles. The van der Waals surface area contributed by atoms with Gasteiger partial charge in [0.1, 0.15) is 0 Å². The van der Waals surface area contributed by atoms with E-state index in [2.05, 4.69) is 5.32 Å². The standard InChI is InChI=1S/C14H15ClN2O2.ClH/c1-7-11(14(18)19)12(13(16)8(2)17-7)9-4-3-5-10(15)6-9;/h3-6,12,17H,16H2,1-2H3,(H,18,19);1H. The SMILES string of the molecule is CC1=C(N)C(c2cccc(Cl)c2)C(C(=O)O)=C(C)N1.Cl. The van der Waals surface area contributed by atoms with Gasteiger partial charge >= 0.3 is 5.97 Å². The molecule has 1 aliphatic rings. The minimum Gasteiger partial charge on any atom is -0.478 e. The fraction of sp³-hybridized carbons (Fsp3) is 0.214. The number of allylic oxidation sites excluding steroid dienone is 3. The van der Waals surface area contributed by atoms with E-state index in [0.717, 1.165) is 11.3 Å². The van der Waals surface area contributed by atoms with E-state index in [4.69, 9.17) is 17.3 Å². The van der Waals surface area contributed by atoms with Crippen LogP contribution >= 0.6 is 24.0 Å². The number of carboxylic acids is 1. The molecule has 0 amide bonds. The molecular weight excluding hydrogens is 299 g/mol. The van der Waals surface area contributed by atoms with Gasteiger partial charge in [-0.05, 0) is 31.5 Å². The lowest BCUT2D eigenvalue weighted by atomic mass is 9.84. The number of nitrogens with one attached hydrogen (secondary N) is 1. The number of carbonyl (C=O) groups is 1. The summed E-state index contributed by atoms with van der Waals surface area (Å²) in [6.07, 6.45) is 0. The predicted molar refractivity (Wildman–Crippen MR) is 81.8 cm³/mol. The molecule has 108 valence electrons. The molecule has 0 bridgehead atoms. The lowest BCUT2D eigenvalue weighted by Crippen LogP contribution is -2.31. The molecule has 1 aromatic carbocycles. The number of rotatable bonds is 2. The van der Waals surface area contributed by atoms with Gasteiger partial charge in [0.2, 0.25) is 0 Å². The molecule has 1 heterocycles. The van der Waals surface area contributed by atoms with Crippen molar-refractivity contribution in [3.63, 3.8) is 0 Å². The molecule has 0 saturated heterocycles. The van der Waals surface area contributed by atoms with Gasteiger partial charge in [0.25, 0.3) is 0 Å². The summed E-state index contributed by atoms with van der Waals surface area (Å²) in [4.78, 5) is 11.5. The van der Waals surface area contributed by atoms with Crippen molar-refractivity contribution < 1.29 is 9.90 Å². The minimum atomic E-state index is -0.981. The molecular formula is C14H16Cl2N2O2. The van der Waals surface area contributed by atoms with Crippen LogP contribution in [0.1, 0.15) is 25.3 Å². The van der Waals surface area contributed by atoms with E-state index in [1.54, 1.807) is 25.1 Å². The maximum atomic E-state index is 11.5. The number of benzene rings is 1. The predicted octanol–water partition coefficient (Wildman–Crippen LogP) is 3.00. The number of halogens is 2. The average Bonchev–Trinajstić information content (AvgIpc) is 2.32. The first-order valence-electron chi connectivity index (χ1n) is 5.84. The summed E-state index contributed by atoms with van der Waals surface area (Å²) in [5, 5.41) is 13.0. The lowest BCUT2D eigenvalue weighted by Gasteiger charge is -2.28. The molecule has 6 heteroatoms. The fourth-order valence-electron chi connectivity index (χ4n) is 2.33. The Morgan fingerprint density at radius 2 is 2.00 bits per heavy atom. The summed E-state index contributed by atoms with van der Waals surface area (Å²) in [6, 6.07) is 7.11. The van der Waals surface area contributed by atoms with Gasteiger partial charge in [0, 0.05) is 22.1 Å². The van der Waals surface area contributed by atoms with Crippen LogP contribution in [-0.2, 0) is 4.79 Å². The first-order valence-corrected chi connectivity index (χ1v) is 6.22. The molecule has 1 aromatic rings. The first kappa shape index (κ1) is 16.4. The average molecular weight is 315 g/mol. The molecule has 1 aliphatic heterocycles. The highest BCUT2D eigenvalue weighted by Crippen LogP contribution is 2.36. The second-order valence-electron chi connectivity index (χ2n) is 4.54. The van der Waals surface area contributed by atoms with Gasteiger partial charge in [-0.15, -0.1) is 12.4 Å². The molecule has 0 aromatic heterocycles.